The third kappa shape index (κ3) is 5.41. The highest BCUT2D eigenvalue weighted by molar-refractivity contribution is 4.94. The highest BCUT2D eigenvalue weighted by atomic mass is 16.8. The summed E-state index contributed by atoms with van der Waals surface area (Å²) in [7, 11) is 0. The Morgan fingerprint density at radius 2 is 1.47 bits per heavy atom. The van der Waals surface area contributed by atoms with Gasteiger partial charge in [0.1, 0.15) is 54.5 Å². The lowest BCUT2D eigenvalue weighted by Crippen LogP contribution is -2.64. The van der Waals surface area contributed by atoms with Gasteiger partial charge in [-0.25, -0.2) is 4.68 Å². The molecule has 2 aliphatic heterocycles. The van der Waals surface area contributed by atoms with E-state index in [-0.39, 0.29) is 19.8 Å². The summed E-state index contributed by atoms with van der Waals surface area (Å²) in [5.74, 6) is 0. The van der Waals surface area contributed by atoms with Crippen LogP contribution in [0, 0.1) is 0 Å². The van der Waals surface area contributed by atoms with Gasteiger partial charge in [-0.3, -0.25) is 0 Å². The first-order chi connectivity index (χ1) is 15.3. The Hall–Kier alpha value is -1.34. The molecular weight excluding hydrogens is 438 g/mol. The first-order valence-corrected chi connectivity index (χ1v) is 10.0. The second-order valence-electron chi connectivity index (χ2n) is 7.51. The Kier molecular flexibility index (Phi) is 8.84. The zero-order valence-corrected chi connectivity index (χ0v) is 16.9. The van der Waals surface area contributed by atoms with Crippen LogP contribution in [0.1, 0.15) is 5.69 Å². The maximum absolute atomic E-state index is 10.5. The molecule has 8 N–H and O–H groups in total. The molecule has 15 nitrogen and oxygen atoms in total. The van der Waals surface area contributed by atoms with E-state index in [9.17, 15) is 35.7 Å². The van der Waals surface area contributed by atoms with Crippen LogP contribution in [0.25, 0.3) is 0 Å². The van der Waals surface area contributed by atoms with Crippen LogP contribution in [0.5, 0.6) is 0 Å². The molecule has 1 aromatic rings. The minimum absolute atomic E-state index is 0.0472. The molecule has 0 radical (unpaired) electrons. The molecule has 1 aromatic heterocycles. The predicted octanol–water partition coefficient (Wildman–Crippen LogP) is -5.59. The molecule has 3 rings (SSSR count). The molecule has 2 saturated heterocycles. The van der Waals surface area contributed by atoms with Crippen molar-refractivity contribution in [1.82, 2.24) is 15.0 Å². The van der Waals surface area contributed by atoms with Crippen molar-refractivity contribution in [3.63, 3.8) is 0 Å². The van der Waals surface area contributed by atoms with Crippen LogP contribution in [0.2, 0.25) is 0 Å². The minimum Gasteiger partial charge on any atom is -0.394 e. The third-order valence-electron chi connectivity index (χ3n) is 5.31. The van der Waals surface area contributed by atoms with E-state index in [2.05, 4.69) is 10.3 Å². The van der Waals surface area contributed by atoms with Gasteiger partial charge in [0, 0.05) is 0 Å². The summed E-state index contributed by atoms with van der Waals surface area (Å²) in [4.78, 5) is 0. The molecule has 0 bridgehead atoms. The zero-order valence-electron chi connectivity index (χ0n) is 16.9. The zero-order chi connectivity index (χ0) is 23.4. The quantitative estimate of drug-likeness (QED) is 0.169. The molecule has 184 valence electrons. The van der Waals surface area contributed by atoms with E-state index in [0.29, 0.717) is 5.69 Å². The summed E-state index contributed by atoms with van der Waals surface area (Å²) in [6, 6.07) is 0. The smallest absolute Gasteiger partial charge is 0.187 e. The third-order valence-corrected chi connectivity index (χ3v) is 5.31. The second kappa shape index (κ2) is 11.2. The number of nitrogens with zero attached hydrogens (tertiary/aromatic N) is 3. The van der Waals surface area contributed by atoms with Gasteiger partial charge < -0.3 is 59.8 Å². The Labute approximate surface area is 181 Å². The second-order valence-corrected chi connectivity index (χ2v) is 7.51. The highest BCUT2D eigenvalue weighted by Gasteiger charge is 2.50. The van der Waals surface area contributed by atoms with Crippen molar-refractivity contribution in [2.24, 2.45) is 0 Å². The van der Waals surface area contributed by atoms with Gasteiger partial charge >= 0.3 is 0 Å². The van der Waals surface area contributed by atoms with Gasteiger partial charge in [0.2, 0.25) is 0 Å². The van der Waals surface area contributed by atoms with Gasteiger partial charge in [0.05, 0.1) is 39.2 Å². The van der Waals surface area contributed by atoms with E-state index >= 15 is 0 Å². The molecule has 3 heterocycles. The van der Waals surface area contributed by atoms with E-state index in [1.165, 1.54) is 10.9 Å². The Bertz CT molecular complexity index is 708. The van der Waals surface area contributed by atoms with Crippen molar-refractivity contribution >= 4 is 0 Å². The molecule has 32 heavy (non-hydrogen) atoms. The van der Waals surface area contributed by atoms with Crippen LogP contribution >= 0.6 is 0 Å². The predicted molar refractivity (Wildman–Crippen MR) is 98.3 cm³/mol. The van der Waals surface area contributed by atoms with Crippen LogP contribution in [0.4, 0.5) is 0 Å². The fourth-order valence-electron chi connectivity index (χ4n) is 3.45. The van der Waals surface area contributed by atoms with Gasteiger partial charge in [0.25, 0.3) is 0 Å². The normalized spacial score (nSPS) is 40.5. The molecule has 2 aliphatic rings. The van der Waals surface area contributed by atoms with Gasteiger partial charge in [-0.2, -0.15) is 0 Å². The maximum atomic E-state index is 10.5. The molecule has 0 aliphatic carbocycles. The number of hydrogen-bond donors (Lipinski definition) is 8. The van der Waals surface area contributed by atoms with Crippen molar-refractivity contribution in [1.29, 1.82) is 0 Å². The summed E-state index contributed by atoms with van der Waals surface area (Å²) >= 11 is 0. The van der Waals surface area contributed by atoms with Gasteiger partial charge in [-0.1, -0.05) is 5.21 Å². The molecule has 10 atom stereocenters. The van der Waals surface area contributed by atoms with Crippen molar-refractivity contribution in [2.45, 2.75) is 74.6 Å². The molecule has 2 fully saturated rings. The molecule has 0 aromatic carbocycles. The summed E-state index contributed by atoms with van der Waals surface area (Å²) < 4.78 is 23.3. The summed E-state index contributed by atoms with van der Waals surface area (Å²) in [6.07, 6.45) is -13.7. The Balaban J connectivity index is 1.69. The lowest BCUT2D eigenvalue weighted by molar-refractivity contribution is -0.367. The minimum atomic E-state index is -1.75. The Morgan fingerprint density at radius 1 is 0.844 bits per heavy atom. The van der Waals surface area contributed by atoms with Crippen LogP contribution < -0.4 is 0 Å². The summed E-state index contributed by atoms with van der Waals surface area (Å²) in [5.41, 5.74) is 0.349. The van der Waals surface area contributed by atoms with Crippen molar-refractivity contribution in [2.75, 3.05) is 19.8 Å². The van der Waals surface area contributed by atoms with Crippen LogP contribution in [-0.2, 0) is 32.1 Å². The topological polar surface area (TPSA) is 229 Å². The van der Waals surface area contributed by atoms with E-state index in [0.717, 1.165) is 0 Å². The van der Waals surface area contributed by atoms with Crippen molar-refractivity contribution in [3.05, 3.63) is 11.9 Å². The standard InChI is InChI=1S/C17H29N3O12/c21-4-7-3-20(19-18-7)1-2-29-17-15(13(27)11(25)9(6-23)31-17)32-16-14(28)12(26)10(24)8(5-22)30-16/h3,8-17,21-28H,1-2,4-6H2/t8-,9-,10-,11-,12+,13+,14+,15+,16+,17-/m1/s1. The molecule has 15 heteroatoms. The van der Waals surface area contributed by atoms with Crippen molar-refractivity contribution in [3.8, 4) is 0 Å². The van der Waals surface area contributed by atoms with Crippen LogP contribution in [-0.4, -0.2) is 137 Å². The van der Waals surface area contributed by atoms with Gasteiger partial charge in [-0.15, -0.1) is 5.10 Å². The summed E-state index contributed by atoms with van der Waals surface area (Å²) in [5, 5.41) is 86.0. The molecule has 0 unspecified atom stereocenters. The van der Waals surface area contributed by atoms with E-state index in [1.807, 2.05) is 0 Å². The lowest BCUT2D eigenvalue weighted by atomic mass is 9.97. The SMILES string of the molecule is OCc1cn(CCO[C@@H]2O[C@H](CO)[C@@H](O)[C@H](O)[C@@H]2O[C@@H]2O[C@H](CO)[C@@H](O)[C@H](O)[C@@H]2O)nn1. The number of ether oxygens (including phenoxy) is 4. The molecule has 0 saturated carbocycles. The fourth-order valence-corrected chi connectivity index (χ4v) is 3.45. The lowest BCUT2D eigenvalue weighted by Gasteiger charge is -2.45. The number of rotatable bonds is 9. The molecule has 0 amide bonds. The monoisotopic (exact) mass is 467 g/mol. The highest BCUT2D eigenvalue weighted by Crippen LogP contribution is 2.29. The molecular formula is C17H29N3O12. The number of aliphatic hydroxyl groups is 8. The number of aromatic nitrogens is 3. The van der Waals surface area contributed by atoms with E-state index < -0.39 is 74.6 Å². The average molecular weight is 467 g/mol. The first kappa shape index (κ1) is 25.3. The van der Waals surface area contributed by atoms with E-state index in [4.69, 9.17) is 24.1 Å². The van der Waals surface area contributed by atoms with Gasteiger partial charge in [0.15, 0.2) is 12.6 Å². The first-order valence-electron chi connectivity index (χ1n) is 10.0. The van der Waals surface area contributed by atoms with E-state index in [1.54, 1.807) is 0 Å². The largest absolute Gasteiger partial charge is 0.394 e. The maximum Gasteiger partial charge on any atom is 0.187 e. The van der Waals surface area contributed by atoms with Crippen LogP contribution in [0.15, 0.2) is 6.20 Å². The fraction of sp³-hybridized carbons (Fsp3) is 0.882. The number of aliphatic hydroxyl groups excluding tert-OH is 8. The molecule has 0 spiro atoms. The van der Waals surface area contributed by atoms with Crippen molar-refractivity contribution < 1.29 is 59.8 Å². The number of hydrogen-bond acceptors (Lipinski definition) is 14. The summed E-state index contributed by atoms with van der Waals surface area (Å²) in [6.45, 7) is -1.48. The van der Waals surface area contributed by atoms with Gasteiger partial charge in [-0.05, 0) is 0 Å². The van der Waals surface area contributed by atoms with Crippen LogP contribution in [0.3, 0.4) is 0 Å². The Morgan fingerprint density at radius 3 is 2.06 bits per heavy atom. The average Bonchev–Trinajstić information content (AvgIpc) is 3.26.